The molecule has 1 unspecified atom stereocenters. The zero-order chi connectivity index (χ0) is 13.1. The second-order valence-electron chi connectivity index (χ2n) is 5.13. The molecule has 1 aliphatic heterocycles. The third-order valence-electron chi connectivity index (χ3n) is 3.56. The van der Waals surface area contributed by atoms with Gasteiger partial charge in [0, 0.05) is 19.1 Å². The lowest BCUT2D eigenvalue weighted by atomic mass is 10.2. The molecule has 0 radical (unpaired) electrons. The number of aliphatic hydroxyl groups is 1. The van der Waals surface area contributed by atoms with Gasteiger partial charge in [0.1, 0.15) is 0 Å². The summed E-state index contributed by atoms with van der Waals surface area (Å²) in [5.74, 6) is 0. The van der Waals surface area contributed by atoms with E-state index in [1.807, 2.05) is 0 Å². The topological polar surface area (TPSA) is 39.6 Å². The second kappa shape index (κ2) is 5.99. The predicted octanol–water partition coefficient (Wildman–Crippen LogP) is 1.73. The lowest BCUT2D eigenvalue weighted by Gasteiger charge is -2.19. The van der Waals surface area contributed by atoms with E-state index < -0.39 is 0 Å². The third-order valence-corrected chi connectivity index (χ3v) is 4.70. The maximum absolute atomic E-state index is 9.39. The number of aryl methyl sites for hydroxylation is 1. The van der Waals surface area contributed by atoms with Gasteiger partial charge in [-0.1, -0.05) is 24.7 Å². The molecule has 0 spiro atoms. The fourth-order valence-electron chi connectivity index (χ4n) is 2.40. The van der Waals surface area contributed by atoms with E-state index in [4.69, 9.17) is 4.98 Å². The van der Waals surface area contributed by atoms with E-state index in [0.717, 1.165) is 41.6 Å². The van der Waals surface area contributed by atoms with Crippen molar-refractivity contribution in [2.24, 2.45) is 0 Å². The summed E-state index contributed by atoms with van der Waals surface area (Å²) in [5.41, 5.74) is 1.09. The van der Waals surface area contributed by atoms with E-state index in [9.17, 15) is 5.11 Å². The van der Waals surface area contributed by atoms with Gasteiger partial charge in [0.25, 0.3) is 0 Å². The van der Waals surface area contributed by atoms with Gasteiger partial charge >= 0.3 is 0 Å². The smallest absolute Gasteiger partial charge is 0.185 e. The first-order valence-corrected chi connectivity index (χ1v) is 7.48. The van der Waals surface area contributed by atoms with Crippen LogP contribution >= 0.6 is 11.3 Å². The van der Waals surface area contributed by atoms with Gasteiger partial charge in [0.05, 0.1) is 17.2 Å². The molecule has 2 heterocycles. The standard InChI is InChI=1S/C13H23N3OS/c1-4-5-11-12(9-17)18-13(14-11)16-7-6-10(8-16)15(2)3/h10,17H,4-9H2,1-3H3. The molecule has 1 fully saturated rings. The first-order valence-electron chi connectivity index (χ1n) is 6.66. The summed E-state index contributed by atoms with van der Waals surface area (Å²) in [6, 6.07) is 0.626. The van der Waals surface area contributed by atoms with Crippen molar-refractivity contribution in [3.05, 3.63) is 10.6 Å². The molecule has 1 atom stereocenters. The van der Waals surface area contributed by atoms with Crippen LogP contribution in [0.1, 0.15) is 30.3 Å². The molecule has 0 aliphatic carbocycles. The van der Waals surface area contributed by atoms with E-state index in [-0.39, 0.29) is 6.61 Å². The lowest BCUT2D eigenvalue weighted by Crippen LogP contribution is -2.31. The molecule has 4 nitrogen and oxygen atoms in total. The van der Waals surface area contributed by atoms with Gasteiger partial charge in [-0.05, 0) is 26.9 Å². The number of rotatable bonds is 5. The Balaban J connectivity index is 2.10. The van der Waals surface area contributed by atoms with Crippen LogP contribution in [0.5, 0.6) is 0 Å². The largest absolute Gasteiger partial charge is 0.391 e. The molecule has 0 bridgehead atoms. The van der Waals surface area contributed by atoms with Crippen LogP contribution in [0.3, 0.4) is 0 Å². The molecule has 1 aromatic heterocycles. The summed E-state index contributed by atoms with van der Waals surface area (Å²) in [6.07, 6.45) is 3.25. The average Bonchev–Trinajstić information content (AvgIpc) is 2.94. The van der Waals surface area contributed by atoms with Crippen molar-refractivity contribution in [2.75, 3.05) is 32.1 Å². The molecule has 0 aromatic carbocycles. The molecule has 2 rings (SSSR count). The first-order chi connectivity index (χ1) is 8.65. The molecule has 102 valence electrons. The molecule has 0 amide bonds. The number of thiazole rings is 1. The highest BCUT2D eigenvalue weighted by Gasteiger charge is 2.26. The minimum Gasteiger partial charge on any atom is -0.391 e. The van der Waals surface area contributed by atoms with Crippen molar-refractivity contribution in [1.29, 1.82) is 0 Å². The van der Waals surface area contributed by atoms with Crippen molar-refractivity contribution in [3.63, 3.8) is 0 Å². The molecule has 1 N–H and O–H groups in total. The van der Waals surface area contributed by atoms with Gasteiger partial charge in [-0.2, -0.15) is 0 Å². The fourth-order valence-corrected chi connectivity index (χ4v) is 3.40. The molecule has 18 heavy (non-hydrogen) atoms. The van der Waals surface area contributed by atoms with Crippen molar-refractivity contribution in [3.8, 4) is 0 Å². The van der Waals surface area contributed by atoms with E-state index in [1.165, 1.54) is 6.42 Å². The van der Waals surface area contributed by atoms with Crippen molar-refractivity contribution in [1.82, 2.24) is 9.88 Å². The van der Waals surface area contributed by atoms with E-state index in [0.29, 0.717) is 6.04 Å². The Bertz CT molecular complexity index is 392. The van der Waals surface area contributed by atoms with E-state index >= 15 is 0 Å². The van der Waals surface area contributed by atoms with Crippen LogP contribution in [-0.2, 0) is 13.0 Å². The normalized spacial score (nSPS) is 20.1. The maximum Gasteiger partial charge on any atom is 0.185 e. The van der Waals surface area contributed by atoms with Crippen LogP contribution in [0.4, 0.5) is 5.13 Å². The Kier molecular flexibility index (Phi) is 4.59. The number of likely N-dealkylation sites (N-methyl/N-ethyl adjacent to an activating group) is 1. The Labute approximate surface area is 113 Å². The zero-order valence-corrected chi connectivity index (χ0v) is 12.3. The van der Waals surface area contributed by atoms with Crippen LogP contribution in [-0.4, -0.2) is 48.2 Å². The number of aliphatic hydroxyl groups excluding tert-OH is 1. The third kappa shape index (κ3) is 2.84. The van der Waals surface area contributed by atoms with Gasteiger partial charge in [-0.25, -0.2) is 4.98 Å². The molecular weight excluding hydrogens is 246 g/mol. The van der Waals surface area contributed by atoms with Crippen LogP contribution in [0, 0.1) is 0 Å². The monoisotopic (exact) mass is 269 g/mol. The summed E-state index contributed by atoms with van der Waals surface area (Å²) >= 11 is 1.66. The fraction of sp³-hybridized carbons (Fsp3) is 0.769. The Morgan fingerprint density at radius 2 is 2.28 bits per heavy atom. The lowest BCUT2D eigenvalue weighted by molar-refractivity contribution is 0.284. The summed E-state index contributed by atoms with van der Waals surface area (Å²) in [5, 5.41) is 10.5. The summed E-state index contributed by atoms with van der Waals surface area (Å²) in [6.45, 7) is 4.40. The van der Waals surface area contributed by atoms with Crippen LogP contribution in [0.2, 0.25) is 0 Å². The quantitative estimate of drug-likeness (QED) is 0.883. The minimum absolute atomic E-state index is 0.123. The van der Waals surface area contributed by atoms with Crippen molar-refractivity contribution < 1.29 is 5.11 Å². The van der Waals surface area contributed by atoms with Gasteiger partial charge in [0.2, 0.25) is 0 Å². The predicted molar refractivity (Wildman–Crippen MR) is 76.3 cm³/mol. The van der Waals surface area contributed by atoms with Crippen LogP contribution in [0.25, 0.3) is 0 Å². The van der Waals surface area contributed by atoms with Gasteiger partial charge in [-0.3, -0.25) is 0 Å². The molecule has 1 aromatic rings. The maximum atomic E-state index is 9.39. The number of nitrogens with zero attached hydrogens (tertiary/aromatic N) is 3. The van der Waals surface area contributed by atoms with E-state index in [1.54, 1.807) is 11.3 Å². The van der Waals surface area contributed by atoms with Crippen molar-refractivity contribution >= 4 is 16.5 Å². The molecule has 0 saturated carbocycles. The van der Waals surface area contributed by atoms with Gasteiger partial charge in [0.15, 0.2) is 5.13 Å². The first kappa shape index (κ1) is 13.8. The number of hydrogen-bond donors (Lipinski definition) is 1. The highest BCUT2D eigenvalue weighted by Crippen LogP contribution is 2.30. The molecular formula is C13H23N3OS. The van der Waals surface area contributed by atoms with Gasteiger partial charge < -0.3 is 14.9 Å². The van der Waals surface area contributed by atoms with Crippen LogP contribution < -0.4 is 4.90 Å². The summed E-state index contributed by atoms with van der Waals surface area (Å²) in [7, 11) is 4.27. The minimum atomic E-state index is 0.123. The highest BCUT2D eigenvalue weighted by atomic mass is 32.1. The summed E-state index contributed by atoms with van der Waals surface area (Å²) in [4.78, 5) is 10.4. The SMILES string of the molecule is CCCc1nc(N2CCC(N(C)C)C2)sc1CO. The molecule has 1 saturated heterocycles. The number of anilines is 1. The Morgan fingerprint density at radius 1 is 1.50 bits per heavy atom. The summed E-state index contributed by atoms with van der Waals surface area (Å²) < 4.78 is 0. The Hall–Kier alpha value is -0.650. The average molecular weight is 269 g/mol. The highest BCUT2D eigenvalue weighted by molar-refractivity contribution is 7.15. The Morgan fingerprint density at radius 3 is 2.83 bits per heavy atom. The number of aromatic nitrogens is 1. The molecule has 5 heteroatoms. The zero-order valence-electron chi connectivity index (χ0n) is 11.5. The second-order valence-corrected chi connectivity index (χ2v) is 6.19. The van der Waals surface area contributed by atoms with Crippen LogP contribution in [0.15, 0.2) is 0 Å². The number of hydrogen-bond acceptors (Lipinski definition) is 5. The van der Waals surface area contributed by atoms with Crippen molar-refractivity contribution in [2.45, 2.75) is 38.8 Å². The van der Waals surface area contributed by atoms with E-state index in [2.05, 4.69) is 30.8 Å². The molecule has 1 aliphatic rings. The van der Waals surface area contributed by atoms with Gasteiger partial charge in [-0.15, -0.1) is 0 Å².